The minimum absolute atomic E-state index is 0.383. The van der Waals surface area contributed by atoms with Gasteiger partial charge in [-0.1, -0.05) is 23.7 Å². The maximum Gasteiger partial charge on any atom is 0.410 e. The Hall–Kier alpha value is -1.26. The molecule has 0 bridgehead atoms. The number of benzene rings is 1. The molecule has 1 amide bonds. The predicted octanol–water partition coefficient (Wildman–Crippen LogP) is 3.77. The van der Waals surface area contributed by atoms with E-state index in [-0.39, 0.29) is 12.1 Å². The first-order chi connectivity index (χ1) is 9.78. The Morgan fingerprint density at radius 1 is 1.33 bits per heavy atom. The lowest BCUT2D eigenvalue weighted by Gasteiger charge is -2.39. The van der Waals surface area contributed by atoms with Crippen LogP contribution in [0.2, 0.25) is 5.02 Å². The molecule has 2 atom stereocenters. The molecule has 0 saturated carbocycles. The van der Waals surface area contributed by atoms with Crippen molar-refractivity contribution in [2.24, 2.45) is 0 Å². The van der Waals surface area contributed by atoms with Crippen molar-refractivity contribution in [3.8, 4) is 0 Å². The lowest BCUT2D eigenvalue weighted by Crippen LogP contribution is -2.47. The van der Waals surface area contributed by atoms with Crippen molar-refractivity contribution < 1.29 is 14.6 Å². The van der Waals surface area contributed by atoms with Crippen LogP contribution in [0.25, 0.3) is 0 Å². The van der Waals surface area contributed by atoms with Crippen LogP contribution >= 0.6 is 11.6 Å². The number of hydrogen-bond acceptors (Lipinski definition) is 3. The first-order valence-electron chi connectivity index (χ1n) is 7.21. The Bertz CT molecular complexity index is 495. The third-order valence-corrected chi connectivity index (χ3v) is 3.69. The number of nitrogens with zero attached hydrogens (tertiary/aromatic N) is 1. The number of carbonyl (C=O) groups is 1. The van der Waals surface area contributed by atoms with Crippen molar-refractivity contribution in [1.82, 2.24) is 4.90 Å². The molecule has 0 radical (unpaired) electrons. The summed E-state index contributed by atoms with van der Waals surface area (Å²) in [7, 11) is 0. The Balaban J connectivity index is 2.25. The highest BCUT2D eigenvalue weighted by Gasteiger charge is 2.36. The van der Waals surface area contributed by atoms with Crippen molar-refractivity contribution in [3.63, 3.8) is 0 Å². The Kier molecular flexibility index (Phi) is 4.79. The van der Waals surface area contributed by atoms with Crippen molar-refractivity contribution in [3.05, 3.63) is 34.9 Å². The van der Waals surface area contributed by atoms with Gasteiger partial charge in [0.2, 0.25) is 0 Å². The molecular formula is C16H22ClNO3. The fourth-order valence-electron chi connectivity index (χ4n) is 2.56. The number of aliphatic hydroxyl groups is 1. The summed E-state index contributed by atoms with van der Waals surface area (Å²) >= 11 is 5.91. The van der Waals surface area contributed by atoms with Crippen molar-refractivity contribution in [2.75, 3.05) is 6.54 Å². The van der Waals surface area contributed by atoms with Crippen molar-refractivity contribution >= 4 is 17.7 Å². The molecule has 1 aliphatic heterocycles. The first kappa shape index (κ1) is 16.1. The first-order valence-corrected chi connectivity index (χ1v) is 7.59. The van der Waals surface area contributed by atoms with Crippen molar-refractivity contribution in [1.29, 1.82) is 0 Å². The highest BCUT2D eigenvalue weighted by atomic mass is 35.5. The Morgan fingerprint density at radius 2 is 1.95 bits per heavy atom. The average molecular weight is 312 g/mol. The van der Waals surface area contributed by atoms with Crippen LogP contribution in [0.4, 0.5) is 4.79 Å². The summed E-state index contributed by atoms with van der Waals surface area (Å²) in [6.07, 6.45) is 0.463. The molecule has 1 heterocycles. The van der Waals surface area contributed by atoms with Gasteiger partial charge in [-0.25, -0.2) is 4.79 Å². The van der Waals surface area contributed by atoms with Crippen LogP contribution in [0.5, 0.6) is 0 Å². The van der Waals surface area contributed by atoms with Gasteiger partial charge >= 0.3 is 6.09 Å². The molecular weight excluding hydrogens is 290 g/mol. The van der Waals surface area contributed by atoms with Crippen LogP contribution in [0, 0.1) is 0 Å². The van der Waals surface area contributed by atoms with Crippen LogP contribution in [-0.4, -0.2) is 34.3 Å². The molecule has 5 heteroatoms. The van der Waals surface area contributed by atoms with E-state index in [0.717, 1.165) is 12.0 Å². The summed E-state index contributed by atoms with van der Waals surface area (Å²) < 4.78 is 5.45. The number of carbonyl (C=O) groups excluding carboxylic acids is 1. The van der Waals surface area contributed by atoms with E-state index in [0.29, 0.717) is 18.0 Å². The summed E-state index contributed by atoms with van der Waals surface area (Å²) in [5, 5.41) is 11.0. The minimum atomic E-state index is -0.590. The number of halogens is 1. The van der Waals surface area contributed by atoms with E-state index in [4.69, 9.17) is 16.3 Å². The molecule has 1 aromatic carbocycles. The number of aliphatic hydroxyl groups excluding tert-OH is 1. The number of likely N-dealkylation sites (tertiary alicyclic amines) is 1. The lowest BCUT2D eigenvalue weighted by atomic mass is 9.93. The second-order valence-corrected chi connectivity index (χ2v) is 6.82. The van der Waals surface area contributed by atoms with Crippen LogP contribution in [0.15, 0.2) is 24.3 Å². The van der Waals surface area contributed by atoms with E-state index in [2.05, 4.69) is 0 Å². The third kappa shape index (κ3) is 4.11. The number of rotatable bonds is 1. The summed E-state index contributed by atoms with van der Waals surface area (Å²) in [6, 6.07) is 6.85. The molecule has 116 valence electrons. The average Bonchev–Trinajstić information content (AvgIpc) is 2.38. The van der Waals surface area contributed by atoms with E-state index in [1.165, 1.54) is 0 Å². The quantitative estimate of drug-likeness (QED) is 0.859. The van der Waals surface area contributed by atoms with E-state index in [1.807, 2.05) is 32.9 Å². The zero-order chi connectivity index (χ0) is 15.6. The van der Waals surface area contributed by atoms with Gasteiger partial charge in [0.15, 0.2) is 0 Å². The summed E-state index contributed by atoms with van der Waals surface area (Å²) in [4.78, 5) is 14.0. The molecule has 21 heavy (non-hydrogen) atoms. The van der Waals surface area contributed by atoms with Crippen LogP contribution in [0.1, 0.15) is 45.2 Å². The fourth-order valence-corrected chi connectivity index (χ4v) is 2.69. The van der Waals surface area contributed by atoms with Crippen molar-refractivity contribution in [2.45, 2.75) is 51.4 Å². The number of amides is 1. The van der Waals surface area contributed by atoms with Crippen LogP contribution in [-0.2, 0) is 4.74 Å². The molecule has 0 spiro atoms. The molecule has 1 fully saturated rings. The van der Waals surface area contributed by atoms with Gasteiger partial charge in [-0.05, 0) is 51.3 Å². The Labute approximate surface area is 130 Å². The number of piperidine rings is 1. The van der Waals surface area contributed by atoms with Gasteiger partial charge < -0.3 is 9.84 Å². The topological polar surface area (TPSA) is 49.8 Å². The summed E-state index contributed by atoms with van der Waals surface area (Å²) in [6.45, 7) is 6.09. The lowest BCUT2D eigenvalue weighted by molar-refractivity contribution is -0.0239. The highest BCUT2D eigenvalue weighted by Crippen LogP contribution is 2.33. The second kappa shape index (κ2) is 6.24. The SMILES string of the molecule is CC(C)(C)OC(=O)N1CCC[C@H](O)[C@@H]1c1ccc(Cl)cc1. The largest absolute Gasteiger partial charge is 0.444 e. The molecule has 2 rings (SSSR count). The normalized spacial score (nSPS) is 23.0. The van der Waals surface area contributed by atoms with E-state index >= 15 is 0 Å². The smallest absolute Gasteiger partial charge is 0.410 e. The highest BCUT2D eigenvalue weighted by molar-refractivity contribution is 6.30. The van der Waals surface area contributed by atoms with Gasteiger partial charge in [-0.15, -0.1) is 0 Å². The second-order valence-electron chi connectivity index (χ2n) is 6.38. The van der Waals surface area contributed by atoms with Gasteiger partial charge in [0, 0.05) is 11.6 Å². The zero-order valence-corrected chi connectivity index (χ0v) is 13.4. The standard InChI is InChI=1S/C16H22ClNO3/c1-16(2,3)21-15(20)18-10-4-5-13(19)14(18)11-6-8-12(17)9-7-11/h6-9,13-14,19H,4-5,10H2,1-3H3/t13-,14-/m0/s1. The summed E-state index contributed by atoms with van der Waals surface area (Å²) in [5.74, 6) is 0. The molecule has 1 aliphatic rings. The molecule has 0 unspecified atom stereocenters. The van der Waals surface area contributed by atoms with Crippen LogP contribution < -0.4 is 0 Å². The molecule has 4 nitrogen and oxygen atoms in total. The summed E-state index contributed by atoms with van der Waals surface area (Å²) in [5.41, 5.74) is 0.321. The van der Waals surface area contributed by atoms with Gasteiger partial charge in [0.1, 0.15) is 5.60 Å². The monoisotopic (exact) mass is 311 g/mol. The van der Waals surface area contributed by atoms with Gasteiger partial charge in [0.25, 0.3) is 0 Å². The predicted molar refractivity (Wildman–Crippen MR) is 82.4 cm³/mol. The molecule has 1 N–H and O–H groups in total. The molecule has 1 aromatic rings. The molecule has 1 saturated heterocycles. The van der Waals surface area contributed by atoms with Gasteiger partial charge in [0.05, 0.1) is 12.1 Å². The maximum absolute atomic E-state index is 12.4. The minimum Gasteiger partial charge on any atom is -0.444 e. The third-order valence-electron chi connectivity index (χ3n) is 3.44. The molecule has 0 aliphatic carbocycles. The van der Waals surface area contributed by atoms with Gasteiger partial charge in [-0.3, -0.25) is 4.90 Å². The maximum atomic E-state index is 12.4. The molecule has 0 aromatic heterocycles. The van der Waals surface area contributed by atoms with Crippen LogP contribution in [0.3, 0.4) is 0 Å². The van der Waals surface area contributed by atoms with Gasteiger partial charge in [-0.2, -0.15) is 0 Å². The Morgan fingerprint density at radius 3 is 2.52 bits per heavy atom. The van der Waals surface area contributed by atoms with E-state index in [9.17, 15) is 9.90 Å². The van der Waals surface area contributed by atoms with E-state index < -0.39 is 11.7 Å². The zero-order valence-electron chi connectivity index (χ0n) is 12.7. The fraction of sp³-hybridized carbons (Fsp3) is 0.562. The number of hydrogen-bond donors (Lipinski definition) is 1. The number of ether oxygens (including phenoxy) is 1. The van der Waals surface area contributed by atoms with E-state index in [1.54, 1.807) is 17.0 Å².